The van der Waals surface area contributed by atoms with Gasteiger partial charge in [0.2, 0.25) is 0 Å². The molecule has 1 aromatic heterocycles. The number of methoxy groups -OCH3 is 1. The van der Waals surface area contributed by atoms with E-state index in [1.165, 1.54) is 35.0 Å². The van der Waals surface area contributed by atoms with Gasteiger partial charge in [-0.25, -0.2) is 0 Å². The Morgan fingerprint density at radius 3 is 2.95 bits per heavy atom. The van der Waals surface area contributed by atoms with E-state index in [1.807, 2.05) is 6.07 Å². The van der Waals surface area contributed by atoms with Gasteiger partial charge < -0.3 is 15.5 Å². The Bertz CT molecular complexity index is 588. The summed E-state index contributed by atoms with van der Waals surface area (Å²) in [6.45, 7) is 3.03. The van der Waals surface area contributed by atoms with Crippen LogP contribution < -0.4 is 10.5 Å². The van der Waals surface area contributed by atoms with Crippen LogP contribution in [0.5, 0.6) is 5.75 Å². The van der Waals surface area contributed by atoms with E-state index in [9.17, 15) is 0 Å². The average molecular weight is 258 g/mol. The molecule has 2 unspecified atom stereocenters. The standard InChI is InChI=1S/C16H22N2O/c1-3-4-12-10(9-17)7-15-16(12)13-8-11(19-2)5-6-14(13)18-15/h5-6,8,10,12,18H,3-4,7,9,17H2,1-2H3. The second-order valence-electron chi connectivity index (χ2n) is 5.52. The summed E-state index contributed by atoms with van der Waals surface area (Å²) in [5, 5.41) is 1.32. The molecule has 2 aromatic rings. The van der Waals surface area contributed by atoms with E-state index in [1.54, 1.807) is 7.11 Å². The maximum Gasteiger partial charge on any atom is 0.119 e. The predicted octanol–water partition coefficient (Wildman–Crippen LogP) is 3.19. The molecule has 0 saturated carbocycles. The number of aromatic amines is 1. The molecule has 1 aliphatic rings. The van der Waals surface area contributed by atoms with Crippen LogP contribution in [0.15, 0.2) is 18.2 Å². The summed E-state index contributed by atoms with van der Waals surface area (Å²) in [4.78, 5) is 3.57. The fourth-order valence-corrected chi connectivity index (χ4v) is 3.54. The summed E-state index contributed by atoms with van der Waals surface area (Å²) < 4.78 is 5.36. The van der Waals surface area contributed by atoms with Crippen LogP contribution in [0.1, 0.15) is 36.9 Å². The molecule has 0 fully saturated rings. The third-order valence-corrected chi connectivity index (χ3v) is 4.44. The molecule has 0 spiro atoms. The highest BCUT2D eigenvalue weighted by molar-refractivity contribution is 5.87. The van der Waals surface area contributed by atoms with Crippen molar-refractivity contribution in [2.24, 2.45) is 11.7 Å². The van der Waals surface area contributed by atoms with Gasteiger partial charge in [0.15, 0.2) is 0 Å². The molecule has 19 heavy (non-hydrogen) atoms. The van der Waals surface area contributed by atoms with Gasteiger partial charge in [-0.3, -0.25) is 0 Å². The Labute approximate surface area is 114 Å². The normalized spacial score (nSPS) is 21.8. The van der Waals surface area contributed by atoms with Gasteiger partial charge in [0, 0.05) is 16.6 Å². The minimum Gasteiger partial charge on any atom is -0.497 e. The fourth-order valence-electron chi connectivity index (χ4n) is 3.54. The van der Waals surface area contributed by atoms with Crippen LogP contribution >= 0.6 is 0 Å². The molecule has 1 aromatic carbocycles. The van der Waals surface area contributed by atoms with Crippen LogP contribution in [0.4, 0.5) is 0 Å². The number of nitrogens with one attached hydrogen (secondary N) is 1. The van der Waals surface area contributed by atoms with E-state index in [0.717, 1.165) is 18.7 Å². The zero-order chi connectivity index (χ0) is 13.4. The second-order valence-corrected chi connectivity index (χ2v) is 5.52. The van der Waals surface area contributed by atoms with E-state index < -0.39 is 0 Å². The maximum atomic E-state index is 5.95. The zero-order valence-corrected chi connectivity index (χ0v) is 11.7. The first-order chi connectivity index (χ1) is 9.28. The van der Waals surface area contributed by atoms with Gasteiger partial charge in [0.25, 0.3) is 0 Å². The lowest BCUT2D eigenvalue weighted by Crippen LogP contribution is -2.19. The van der Waals surface area contributed by atoms with E-state index in [0.29, 0.717) is 11.8 Å². The number of fused-ring (bicyclic) bond motifs is 3. The lowest BCUT2D eigenvalue weighted by Gasteiger charge is -2.18. The highest BCUT2D eigenvalue weighted by Crippen LogP contribution is 2.44. The van der Waals surface area contributed by atoms with Crippen molar-refractivity contribution in [3.8, 4) is 5.75 Å². The number of rotatable bonds is 4. The van der Waals surface area contributed by atoms with Crippen molar-refractivity contribution in [1.29, 1.82) is 0 Å². The first kappa shape index (κ1) is 12.5. The van der Waals surface area contributed by atoms with Crippen LogP contribution in [0.2, 0.25) is 0 Å². The van der Waals surface area contributed by atoms with Crippen molar-refractivity contribution >= 4 is 10.9 Å². The number of hydrogen-bond acceptors (Lipinski definition) is 2. The van der Waals surface area contributed by atoms with E-state index in [-0.39, 0.29) is 0 Å². The third-order valence-electron chi connectivity index (χ3n) is 4.44. The summed E-state index contributed by atoms with van der Waals surface area (Å²) in [5.74, 6) is 2.13. The third kappa shape index (κ3) is 1.93. The van der Waals surface area contributed by atoms with Crippen molar-refractivity contribution in [2.75, 3.05) is 13.7 Å². The molecule has 0 amide bonds. The van der Waals surface area contributed by atoms with Crippen LogP contribution in [0, 0.1) is 5.92 Å². The molecule has 0 aliphatic heterocycles. The number of hydrogen-bond donors (Lipinski definition) is 2. The van der Waals surface area contributed by atoms with Gasteiger partial charge in [-0.05, 0) is 55.0 Å². The fraction of sp³-hybridized carbons (Fsp3) is 0.500. The zero-order valence-electron chi connectivity index (χ0n) is 11.7. The van der Waals surface area contributed by atoms with E-state index in [2.05, 4.69) is 24.0 Å². The van der Waals surface area contributed by atoms with Crippen molar-refractivity contribution in [3.63, 3.8) is 0 Å². The molecular weight excluding hydrogens is 236 g/mol. The summed E-state index contributed by atoms with van der Waals surface area (Å²) in [6.07, 6.45) is 3.52. The molecule has 0 saturated heterocycles. The summed E-state index contributed by atoms with van der Waals surface area (Å²) in [7, 11) is 1.72. The number of nitrogens with two attached hydrogens (primary N) is 1. The van der Waals surface area contributed by atoms with Gasteiger partial charge in [-0.15, -0.1) is 0 Å². The van der Waals surface area contributed by atoms with Crippen molar-refractivity contribution in [3.05, 3.63) is 29.5 Å². The van der Waals surface area contributed by atoms with Gasteiger partial charge in [-0.1, -0.05) is 13.3 Å². The summed E-state index contributed by atoms with van der Waals surface area (Å²) >= 11 is 0. The molecule has 3 nitrogen and oxygen atoms in total. The Hall–Kier alpha value is -1.48. The highest BCUT2D eigenvalue weighted by atomic mass is 16.5. The van der Waals surface area contributed by atoms with Crippen molar-refractivity contribution < 1.29 is 4.74 Å². The largest absolute Gasteiger partial charge is 0.497 e. The van der Waals surface area contributed by atoms with Gasteiger partial charge in [-0.2, -0.15) is 0 Å². The molecule has 0 bridgehead atoms. The number of benzene rings is 1. The van der Waals surface area contributed by atoms with Crippen LogP contribution in [-0.4, -0.2) is 18.6 Å². The van der Waals surface area contributed by atoms with Gasteiger partial charge in [0.1, 0.15) is 5.75 Å². The van der Waals surface area contributed by atoms with Gasteiger partial charge >= 0.3 is 0 Å². The molecular formula is C16H22N2O. The minimum atomic E-state index is 0.594. The van der Waals surface area contributed by atoms with E-state index in [4.69, 9.17) is 10.5 Å². The van der Waals surface area contributed by atoms with Crippen LogP contribution in [0.3, 0.4) is 0 Å². The molecule has 0 radical (unpaired) electrons. The molecule has 102 valence electrons. The topological polar surface area (TPSA) is 51.0 Å². The molecule has 3 rings (SSSR count). The quantitative estimate of drug-likeness (QED) is 0.885. The first-order valence-electron chi connectivity index (χ1n) is 7.17. The number of ether oxygens (including phenoxy) is 1. The minimum absolute atomic E-state index is 0.594. The van der Waals surface area contributed by atoms with Gasteiger partial charge in [0.05, 0.1) is 7.11 Å². The Morgan fingerprint density at radius 2 is 2.26 bits per heavy atom. The Balaban J connectivity index is 2.12. The van der Waals surface area contributed by atoms with Crippen LogP contribution in [-0.2, 0) is 6.42 Å². The average Bonchev–Trinajstić information content (AvgIpc) is 2.95. The molecule has 3 heteroatoms. The maximum absolute atomic E-state index is 5.95. The summed E-state index contributed by atoms with van der Waals surface area (Å²) in [6, 6.07) is 6.29. The smallest absolute Gasteiger partial charge is 0.119 e. The molecule has 2 atom stereocenters. The molecule has 1 aliphatic carbocycles. The molecule has 1 heterocycles. The highest BCUT2D eigenvalue weighted by Gasteiger charge is 2.34. The molecule has 3 N–H and O–H groups in total. The Kier molecular flexibility index (Phi) is 3.23. The van der Waals surface area contributed by atoms with Crippen LogP contribution in [0.25, 0.3) is 10.9 Å². The summed E-state index contributed by atoms with van der Waals surface area (Å²) in [5.41, 5.74) is 10.1. The lowest BCUT2D eigenvalue weighted by atomic mass is 9.87. The van der Waals surface area contributed by atoms with Crippen molar-refractivity contribution in [1.82, 2.24) is 4.98 Å². The second kappa shape index (κ2) is 4.89. The monoisotopic (exact) mass is 258 g/mol. The SMILES string of the molecule is CCCC1c2c([nH]c3ccc(OC)cc23)CC1CN. The lowest BCUT2D eigenvalue weighted by molar-refractivity contribution is 0.415. The number of aromatic nitrogens is 1. The Morgan fingerprint density at radius 1 is 1.42 bits per heavy atom. The number of H-pyrrole nitrogens is 1. The van der Waals surface area contributed by atoms with E-state index >= 15 is 0 Å². The predicted molar refractivity (Wildman–Crippen MR) is 78.7 cm³/mol. The first-order valence-corrected chi connectivity index (χ1v) is 7.17. The van der Waals surface area contributed by atoms with Crippen molar-refractivity contribution in [2.45, 2.75) is 32.1 Å².